The summed E-state index contributed by atoms with van der Waals surface area (Å²) < 4.78 is 11.6. The molecule has 0 amide bonds. The molecule has 2 saturated heterocycles. The Morgan fingerprint density at radius 3 is 3.04 bits per heavy atom. The molecule has 2 bridgehead atoms. The predicted octanol–water partition coefficient (Wildman–Crippen LogP) is 2.59. The number of carbonyl (C=O) groups is 1. The number of piperidine rings is 1. The van der Waals surface area contributed by atoms with Gasteiger partial charge in [-0.15, -0.1) is 0 Å². The Morgan fingerprint density at radius 2 is 2.25 bits per heavy atom. The van der Waals surface area contributed by atoms with Gasteiger partial charge in [0.1, 0.15) is 6.61 Å². The van der Waals surface area contributed by atoms with E-state index in [2.05, 4.69) is 22.8 Å². The molecule has 0 aromatic carbocycles. The summed E-state index contributed by atoms with van der Waals surface area (Å²) in [6, 6.07) is 0.654. The lowest BCUT2D eigenvalue weighted by Crippen LogP contribution is -2.48. The summed E-state index contributed by atoms with van der Waals surface area (Å²) in [5.74, 6) is 6.16. The van der Waals surface area contributed by atoms with Gasteiger partial charge in [0.15, 0.2) is 5.60 Å². The van der Waals surface area contributed by atoms with E-state index in [9.17, 15) is 4.79 Å². The van der Waals surface area contributed by atoms with Crippen LogP contribution >= 0.6 is 0 Å². The van der Waals surface area contributed by atoms with Gasteiger partial charge in [0, 0.05) is 29.7 Å². The standard InChI is InChI=1S/C20H25NO3/c1-19(2,3)23-10-6-7-14-11-15-13-20(16(14)12-18(22)24-20)17-8-4-5-9-21(15)17/h11-12,15,17H,4-5,8-10,13H2,1-3H3/t15-,17?,20+/m1/s1. The van der Waals surface area contributed by atoms with E-state index in [-0.39, 0.29) is 11.6 Å². The molecule has 3 heterocycles. The Morgan fingerprint density at radius 1 is 1.42 bits per heavy atom. The Hall–Kier alpha value is -1.57. The highest BCUT2D eigenvalue weighted by molar-refractivity contribution is 5.90. The zero-order chi connectivity index (χ0) is 16.9. The topological polar surface area (TPSA) is 38.8 Å². The average molecular weight is 327 g/mol. The largest absolute Gasteiger partial charge is 0.449 e. The fourth-order valence-electron chi connectivity index (χ4n) is 4.55. The maximum atomic E-state index is 12.1. The first-order chi connectivity index (χ1) is 11.4. The lowest BCUT2D eigenvalue weighted by Gasteiger charge is -2.38. The first kappa shape index (κ1) is 15.9. The second kappa shape index (κ2) is 5.47. The Kier molecular flexibility index (Phi) is 3.63. The van der Waals surface area contributed by atoms with Crippen molar-refractivity contribution in [3.05, 3.63) is 23.3 Å². The van der Waals surface area contributed by atoms with Crippen molar-refractivity contribution >= 4 is 5.97 Å². The molecule has 1 unspecified atom stereocenters. The van der Waals surface area contributed by atoms with Crippen LogP contribution in [-0.2, 0) is 14.3 Å². The third-order valence-electron chi connectivity index (χ3n) is 5.47. The monoisotopic (exact) mass is 327 g/mol. The van der Waals surface area contributed by atoms with E-state index in [0.29, 0.717) is 18.7 Å². The first-order valence-electron chi connectivity index (χ1n) is 8.95. The fourth-order valence-corrected chi connectivity index (χ4v) is 4.55. The fraction of sp³-hybridized carbons (Fsp3) is 0.650. The van der Waals surface area contributed by atoms with Crippen LogP contribution in [0.15, 0.2) is 23.3 Å². The maximum absolute atomic E-state index is 12.1. The van der Waals surface area contributed by atoms with Crippen molar-refractivity contribution in [2.75, 3.05) is 13.2 Å². The van der Waals surface area contributed by atoms with Crippen LogP contribution in [0.4, 0.5) is 0 Å². The molecule has 0 saturated carbocycles. The second-order valence-electron chi connectivity index (χ2n) is 8.17. The SMILES string of the molecule is CC(C)(C)OCC#CC1=C[C@@H]2C[C@@]3(OC(=O)C=C13)C1CCCCN12. The summed E-state index contributed by atoms with van der Waals surface area (Å²) in [5.41, 5.74) is 1.32. The summed E-state index contributed by atoms with van der Waals surface area (Å²) in [4.78, 5) is 14.6. The van der Waals surface area contributed by atoms with Crippen molar-refractivity contribution in [1.82, 2.24) is 4.90 Å². The minimum atomic E-state index is -0.453. The Balaban J connectivity index is 1.63. The molecule has 4 aliphatic rings. The molecule has 3 aliphatic heterocycles. The van der Waals surface area contributed by atoms with Crippen molar-refractivity contribution in [2.45, 2.75) is 69.7 Å². The molecule has 128 valence electrons. The summed E-state index contributed by atoms with van der Waals surface area (Å²) in [6.45, 7) is 7.55. The summed E-state index contributed by atoms with van der Waals surface area (Å²) in [7, 11) is 0. The molecular weight excluding hydrogens is 302 g/mol. The molecule has 0 aromatic rings. The molecule has 0 radical (unpaired) electrons. The molecule has 4 rings (SSSR count). The van der Waals surface area contributed by atoms with Crippen molar-refractivity contribution < 1.29 is 14.3 Å². The number of fused-ring (bicyclic) bond motifs is 3. The van der Waals surface area contributed by atoms with Crippen LogP contribution in [0.1, 0.15) is 46.5 Å². The van der Waals surface area contributed by atoms with Crippen molar-refractivity contribution in [3.8, 4) is 11.8 Å². The smallest absolute Gasteiger partial charge is 0.332 e. The first-order valence-corrected chi connectivity index (χ1v) is 8.95. The van der Waals surface area contributed by atoms with Gasteiger partial charge in [0.2, 0.25) is 0 Å². The lowest BCUT2D eigenvalue weighted by atomic mass is 9.77. The van der Waals surface area contributed by atoms with Gasteiger partial charge in [0.25, 0.3) is 0 Å². The van der Waals surface area contributed by atoms with Gasteiger partial charge in [-0.25, -0.2) is 4.79 Å². The second-order valence-corrected chi connectivity index (χ2v) is 8.17. The van der Waals surface area contributed by atoms with Gasteiger partial charge in [-0.05, 0) is 40.2 Å². The van der Waals surface area contributed by atoms with E-state index in [4.69, 9.17) is 9.47 Å². The summed E-state index contributed by atoms with van der Waals surface area (Å²) >= 11 is 0. The van der Waals surface area contributed by atoms with Gasteiger partial charge >= 0.3 is 5.97 Å². The summed E-state index contributed by atoms with van der Waals surface area (Å²) in [6.07, 6.45) is 8.33. The molecule has 4 heteroatoms. The number of hydrogen-bond donors (Lipinski definition) is 0. The normalized spacial score (nSPS) is 34.5. The number of carbonyl (C=O) groups excluding carboxylic acids is 1. The zero-order valence-corrected chi connectivity index (χ0v) is 14.7. The van der Waals surface area contributed by atoms with Crippen LogP contribution in [0.5, 0.6) is 0 Å². The van der Waals surface area contributed by atoms with Gasteiger partial charge in [-0.1, -0.05) is 24.3 Å². The van der Waals surface area contributed by atoms with E-state index >= 15 is 0 Å². The number of rotatable bonds is 1. The molecule has 3 atom stereocenters. The van der Waals surface area contributed by atoms with Gasteiger partial charge in [-0.3, -0.25) is 4.90 Å². The van der Waals surface area contributed by atoms with Crippen molar-refractivity contribution in [1.29, 1.82) is 0 Å². The van der Waals surface area contributed by atoms with Crippen molar-refractivity contribution in [3.63, 3.8) is 0 Å². The Bertz CT molecular complexity index is 688. The molecule has 2 fully saturated rings. The highest BCUT2D eigenvalue weighted by Gasteiger charge is 2.61. The van der Waals surface area contributed by atoms with E-state index in [0.717, 1.165) is 30.5 Å². The minimum Gasteiger partial charge on any atom is -0.449 e. The van der Waals surface area contributed by atoms with E-state index in [1.54, 1.807) is 6.08 Å². The van der Waals surface area contributed by atoms with E-state index in [1.807, 2.05) is 20.8 Å². The minimum absolute atomic E-state index is 0.192. The molecule has 1 aliphatic carbocycles. The van der Waals surface area contributed by atoms with Crippen LogP contribution < -0.4 is 0 Å². The highest BCUT2D eigenvalue weighted by Crippen LogP contribution is 2.53. The zero-order valence-electron chi connectivity index (χ0n) is 14.7. The van der Waals surface area contributed by atoms with E-state index in [1.165, 1.54) is 12.8 Å². The maximum Gasteiger partial charge on any atom is 0.332 e. The van der Waals surface area contributed by atoms with Crippen LogP contribution in [-0.4, -0.2) is 47.3 Å². The van der Waals surface area contributed by atoms with Gasteiger partial charge in [-0.2, -0.15) is 0 Å². The van der Waals surface area contributed by atoms with Gasteiger partial charge in [0.05, 0.1) is 11.6 Å². The number of hydrogen-bond acceptors (Lipinski definition) is 4. The predicted molar refractivity (Wildman–Crippen MR) is 91.2 cm³/mol. The average Bonchev–Trinajstić information content (AvgIpc) is 2.99. The molecule has 0 N–H and O–H groups in total. The molecule has 0 aromatic heterocycles. The quantitative estimate of drug-likeness (QED) is 0.548. The van der Waals surface area contributed by atoms with Crippen LogP contribution in [0.2, 0.25) is 0 Å². The number of esters is 1. The van der Waals surface area contributed by atoms with Crippen LogP contribution in [0.3, 0.4) is 0 Å². The number of ether oxygens (including phenoxy) is 2. The third-order valence-corrected chi connectivity index (χ3v) is 5.47. The van der Waals surface area contributed by atoms with Gasteiger partial charge < -0.3 is 9.47 Å². The molecule has 4 nitrogen and oxygen atoms in total. The summed E-state index contributed by atoms with van der Waals surface area (Å²) in [5, 5.41) is 0. The molecule has 24 heavy (non-hydrogen) atoms. The van der Waals surface area contributed by atoms with Crippen LogP contribution in [0.25, 0.3) is 0 Å². The lowest BCUT2D eigenvalue weighted by molar-refractivity contribution is -0.148. The molecular formula is C20H25NO3. The Labute approximate surface area is 143 Å². The van der Waals surface area contributed by atoms with Crippen LogP contribution in [0, 0.1) is 11.8 Å². The van der Waals surface area contributed by atoms with E-state index < -0.39 is 5.60 Å². The number of nitrogens with zero attached hydrogens (tertiary/aromatic N) is 1. The third kappa shape index (κ3) is 2.51. The van der Waals surface area contributed by atoms with Crippen molar-refractivity contribution in [2.24, 2.45) is 0 Å². The molecule has 1 spiro atoms. The highest BCUT2D eigenvalue weighted by atomic mass is 16.6.